The van der Waals surface area contributed by atoms with Crippen LogP contribution >= 0.6 is 0 Å². The molecule has 0 radical (unpaired) electrons. The number of halogens is 1. The Morgan fingerprint density at radius 3 is 2.70 bits per heavy atom. The van der Waals surface area contributed by atoms with Crippen molar-refractivity contribution < 1.29 is 4.39 Å². The van der Waals surface area contributed by atoms with Gasteiger partial charge in [-0.25, -0.2) is 9.37 Å². The molecular weight excluding hydrogens is 251 g/mol. The standard InChI is InChI=1S/C17H11FN2/c1-11-5-6-15-16(12-3-2-4-13(18)8-12)9-14(10-19)20-17(15)7-11/h2-9H,1H3. The average molecular weight is 262 g/mol. The lowest BCUT2D eigenvalue weighted by Gasteiger charge is -2.08. The third-order valence-electron chi connectivity index (χ3n) is 3.22. The zero-order valence-corrected chi connectivity index (χ0v) is 10.9. The Morgan fingerprint density at radius 2 is 1.95 bits per heavy atom. The topological polar surface area (TPSA) is 36.7 Å². The Hall–Kier alpha value is -2.73. The van der Waals surface area contributed by atoms with E-state index in [2.05, 4.69) is 11.1 Å². The largest absolute Gasteiger partial charge is 0.237 e. The molecular formula is C17H11FN2. The molecule has 3 aromatic rings. The van der Waals surface area contributed by atoms with E-state index in [1.165, 1.54) is 12.1 Å². The number of nitrogens with zero attached hydrogens (tertiary/aromatic N) is 2. The highest BCUT2D eigenvalue weighted by atomic mass is 19.1. The van der Waals surface area contributed by atoms with E-state index in [1.807, 2.05) is 31.2 Å². The number of fused-ring (bicyclic) bond motifs is 1. The van der Waals surface area contributed by atoms with Crippen LogP contribution in [0.1, 0.15) is 11.3 Å². The van der Waals surface area contributed by atoms with E-state index in [0.717, 1.165) is 27.6 Å². The number of nitriles is 1. The van der Waals surface area contributed by atoms with Gasteiger partial charge in [0.05, 0.1) is 5.52 Å². The second-order valence-corrected chi connectivity index (χ2v) is 4.70. The Balaban J connectivity index is 2.37. The maximum absolute atomic E-state index is 13.4. The molecule has 2 aromatic carbocycles. The van der Waals surface area contributed by atoms with Crippen LogP contribution in [0.4, 0.5) is 4.39 Å². The number of aromatic nitrogens is 1. The fraction of sp³-hybridized carbons (Fsp3) is 0.0588. The van der Waals surface area contributed by atoms with Gasteiger partial charge in [-0.05, 0) is 47.9 Å². The van der Waals surface area contributed by atoms with Crippen LogP contribution in [-0.2, 0) is 0 Å². The summed E-state index contributed by atoms with van der Waals surface area (Å²) in [5.74, 6) is -0.293. The van der Waals surface area contributed by atoms with E-state index < -0.39 is 0 Å². The van der Waals surface area contributed by atoms with E-state index >= 15 is 0 Å². The summed E-state index contributed by atoms with van der Waals surface area (Å²) in [5, 5.41) is 10.0. The van der Waals surface area contributed by atoms with E-state index in [9.17, 15) is 4.39 Å². The molecule has 3 heteroatoms. The summed E-state index contributed by atoms with van der Waals surface area (Å²) in [4.78, 5) is 4.31. The molecule has 0 amide bonds. The lowest BCUT2D eigenvalue weighted by atomic mass is 9.99. The summed E-state index contributed by atoms with van der Waals surface area (Å²) < 4.78 is 13.4. The Morgan fingerprint density at radius 1 is 1.10 bits per heavy atom. The van der Waals surface area contributed by atoms with Crippen molar-refractivity contribution in [2.75, 3.05) is 0 Å². The highest BCUT2D eigenvalue weighted by molar-refractivity contribution is 5.95. The predicted molar refractivity (Wildman–Crippen MR) is 76.6 cm³/mol. The Labute approximate surface area is 116 Å². The average Bonchev–Trinajstić information content (AvgIpc) is 2.45. The van der Waals surface area contributed by atoms with Gasteiger partial charge in [-0.3, -0.25) is 0 Å². The number of benzene rings is 2. The van der Waals surface area contributed by atoms with Gasteiger partial charge in [0.25, 0.3) is 0 Å². The van der Waals surface area contributed by atoms with Crippen LogP contribution < -0.4 is 0 Å². The van der Waals surface area contributed by atoms with Crippen LogP contribution in [-0.4, -0.2) is 4.98 Å². The number of pyridine rings is 1. The van der Waals surface area contributed by atoms with Gasteiger partial charge in [-0.15, -0.1) is 0 Å². The molecule has 96 valence electrons. The second kappa shape index (κ2) is 4.75. The summed E-state index contributed by atoms with van der Waals surface area (Å²) in [6, 6.07) is 16.0. The van der Waals surface area contributed by atoms with Crippen molar-refractivity contribution in [2.24, 2.45) is 0 Å². The fourth-order valence-corrected chi connectivity index (χ4v) is 2.29. The minimum atomic E-state index is -0.293. The third-order valence-corrected chi connectivity index (χ3v) is 3.22. The first-order chi connectivity index (χ1) is 9.67. The monoisotopic (exact) mass is 262 g/mol. The minimum Gasteiger partial charge on any atom is -0.237 e. The van der Waals surface area contributed by atoms with Crippen molar-refractivity contribution in [1.82, 2.24) is 4.98 Å². The van der Waals surface area contributed by atoms with Crippen molar-refractivity contribution >= 4 is 10.9 Å². The molecule has 0 spiro atoms. The number of aryl methyl sites for hydroxylation is 1. The molecule has 0 aliphatic rings. The quantitative estimate of drug-likeness (QED) is 0.658. The Kier molecular flexibility index (Phi) is 2.92. The zero-order valence-electron chi connectivity index (χ0n) is 10.9. The van der Waals surface area contributed by atoms with Crippen molar-refractivity contribution in [1.29, 1.82) is 5.26 Å². The molecule has 3 rings (SSSR count). The van der Waals surface area contributed by atoms with Gasteiger partial charge in [0, 0.05) is 5.39 Å². The number of hydrogen-bond acceptors (Lipinski definition) is 2. The molecule has 0 bridgehead atoms. The maximum Gasteiger partial charge on any atom is 0.141 e. The molecule has 0 saturated heterocycles. The molecule has 0 aliphatic heterocycles. The Bertz CT molecular complexity index is 847. The van der Waals surface area contributed by atoms with Gasteiger partial charge >= 0.3 is 0 Å². The number of hydrogen-bond donors (Lipinski definition) is 0. The van der Waals surface area contributed by atoms with E-state index in [4.69, 9.17) is 5.26 Å². The van der Waals surface area contributed by atoms with Gasteiger partial charge in [-0.1, -0.05) is 24.3 Å². The van der Waals surface area contributed by atoms with Crippen LogP contribution in [0.15, 0.2) is 48.5 Å². The zero-order chi connectivity index (χ0) is 14.1. The molecule has 0 aliphatic carbocycles. The highest BCUT2D eigenvalue weighted by Crippen LogP contribution is 2.29. The third kappa shape index (κ3) is 2.12. The summed E-state index contributed by atoms with van der Waals surface area (Å²) in [5.41, 5.74) is 3.74. The van der Waals surface area contributed by atoms with Gasteiger partial charge in [0.15, 0.2) is 0 Å². The first-order valence-electron chi connectivity index (χ1n) is 6.25. The van der Waals surface area contributed by atoms with Crippen LogP contribution in [0.5, 0.6) is 0 Å². The molecule has 20 heavy (non-hydrogen) atoms. The normalized spacial score (nSPS) is 10.4. The first-order valence-corrected chi connectivity index (χ1v) is 6.25. The summed E-state index contributed by atoms with van der Waals surface area (Å²) in [7, 11) is 0. The van der Waals surface area contributed by atoms with Crippen molar-refractivity contribution in [3.8, 4) is 17.2 Å². The minimum absolute atomic E-state index is 0.293. The fourth-order valence-electron chi connectivity index (χ4n) is 2.29. The highest BCUT2D eigenvalue weighted by Gasteiger charge is 2.08. The van der Waals surface area contributed by atoms with Gasteiger partial charge < -0.3 is 0 Å². The summed E-state index contributed by atoms with van der Waals surface area (Å²) >= 11 is 0. The van der Waals surface area contributed by atoms with Crippen LogP contribution in [0.3, 0.4) is 0 Å². The number of rotatable bonds is 1. The van der Waals surface area contributed by atoms with Crippen molar-refractivity contribution in [2.45, 2.75) is 6.92 Å². The second-order valence-electron chi connectivity index (χ2n) is 4.70. The summed E-state index contributed by atoms with van der Waals surface area (Å²) in [6.07, 6.45) is 0. The predicted octanol–water partition coefficient (Wildman–Crippen LogP) is 4.22. The molecule has 0 unspecified atom stereocenters. The van der Waals surface area contributed by atoms with Crippen LogP contribution in [0, 0.1) is 24.1 Å². The smallest absolute Gasteiger partial charge is 0.141 e. The molecule has 0 N–H and O–H groups in total. The van der Waals surface area contributed by atoms with Crippen molar-refractivity contribution in [3.05, 3.63) is 65.6 Å². The van der Waals surface area contributed by atoms with Crippen LogP contribution in [0.2, 0.25) is 0 Å². The molecule has 2 nitrogen and oxygen atoms in total. The van der Waals surface area contributed by atoms with Gasteiger partial charge in [-0.2, -0.15) is 5.26 Å². The molecule has 1 heterocycles. The lowest BCUT2D eigenvalue weighted by Crippen LogP contribution is -1.90. The van der Waals surface area contributed by atoms with Crippen LogP contribution in [0.25, 0.3) is 22.0 Å². The van der Waals surface area contributed by atoms with Crippen molar-refractivity contribution in [3.63, 3.8) is 0 Å². The molecule has 0 fully saturated rings. The molecule has 0 saturated carbocycles. The molecule has 1 aromatic heterocycles. The first kappa shape index (κ1) is 12.3. The maximum atomic E-state index is 13.4. The van der Waals surface area contributed by atoms with E-state index in [0.29, 0.717) is 5.69 Å². The lowest BCUT2D eigenvalue weighted by molar-refractivity contribution is 0.628. The van der Waals surface area contributed by atoms with E-state index in [1.54, 1.807) is 12.1 Å². The SMILES string of the molecule is Cc1ccc2c(-c3cccc(F)c3)cc(C#N)nc2c1. The van der Waals surface area contributed by atoms with E-state index in [-0.39, 0.29) is 5.82 Å². The summed E-state index contributed by atoms with van der Waals surface area (Å²) in [6.45, 7) is 1.97. The van der Waals surface area contributed by atoms with Gasteiger partial charge in [0.2, 0.25) is 0 Å². The van der Waals surface area contributed by atoms with Gasteiger partial charge in [0.1, 0.15) is 17.6 Å². The molecule has 0 atom stereocenters.